The number of hydrogen-bond acceptors (Lipinski definition) is 3. The van der Waals surface area contributed by atoms with Crippen molar-refractivity contribution >= 4 is 22.9 Å². The Bertz CT molecular complexity index is 577. The van der Waals surface area contributed by atoms with Gasteiger partial charge >= 0.3 is 0 Å². The maximum absolute atomic E-state index is 11.1. The van der Waals surface area contributed by atoms with Crippen molar-refractivity contribution in [3.8, 4) is 0 Å². The first-order valence-corrected chi connectivity index (χ1v) is 7.70. The van der Waals surface area contributed by atoms with E-state index in [2.05, 4.69) is 41.8 Å². The molecule has 0 saturated carbocycles. The van der Waals surface area contributed by atoms with Gasteiger partial charge in [-0.05, 0) is 29.0 Å². The fourth-order valence-corrected chi connectivity index (χ4v) is 2.96. The Kier molecular flexibility index (Phi) is 5.32. The minimum Gasteiger partial charge on any atom is -0.325 e. The van der Waals surface area contributed by atoms with Crippen LogP contribution in [0.1, 0.15) is 29.9 Å². The van der Waals surface area contributed by atoms with Crippen LogP contribution < -0.4 is 10.6 Å². The van der Waals surface area contributed by atoms with Crippen molar-refractivity contribution in [3.05, 3.63) is 51.7 Å². The van der Waals surface area contributed by atoms with E-state index >= 15 is 0 Å². The van der Waals surface area contributed by atoms with Gasteiger partial charge in [0.15, 0.2) is 0 Å². The van der Waals surface area contributed by atoms with Crippen LogP contribution in [0.5, 0.6) is 0 Å². The Morgan fingerprint density at radius 1 is 1.15 bits per heavy atom. The van der Waals surface area contributed by atoms with Crippen LogP contribution in [0.3, 0.4) is 0 Å². The van der Waals surface area contributed by atoms with E-state index < -0.39 is 0 Å². The molecule has 1 aromatic carbocycles. The van der Waals surface area contributed by atoms with Crippen molar-refractivity contribution in [1.29, 1.82) is 0 Å². The van der Waals surface area contributed by atoms with Gasteiger partial charge in [-0.25, -0.2) is 0 Å². The molecule has 1 aromatic heterocycles. The van der Waals surface area contributed by atoms with Gasteiger partial charge in [0.2, 0.25) is 5.91 Å². The van der Waals surface area contributed by atoms with Gasteiger partial charge in [-0.1, -0.05) is 31.2 Å². The van der Waals surface area contributed by atoms with Gasteiger partial charge in [-0.15, -0.1) is 11.3 Å². The van der Waals surface area contributed by atoms with E-state index in [1.165, 1.54) is 18.1 Å². The lowest BCUT2D eigenvalue weighted by molar-refractivity contribution is -0.114. The number of rotatable bonds is 6. The van der Waals surface area contributed by atoms with Crippen molar-refractivity contribution in [2.45, 2.75) is 33.4 Å². The lowest BCUT2D eigenvalue weighted by Crippen LogP contribution is -2.15. The van der Waals surface area contributed by atoms with E-state index in [1.807, 2.05) is 11.4 Å². The van der Waals surface area contributed by atoms with Gasteiger partial charge in [-0.3, -0.25) is 4.79 Å². The Morgan fingerprint density at radius 2 is 1.90 bits per heavy atom. The summed E-state index contributed by atoms with van der Waals surface area (Å²) in [4.78, 5) is 12.3. The minimum atomic E-state index is -0.0269. The third-order valence-electron chi connectivity index (χ3n) is 3.16. The summed E-state index contributed by atoms with van der Waals surface area (Å²) >= 11 is 1.66. The van der Waals surface area contributed by atoms with Crippen molar-refractivity contribution in [1.82, 2.24) is 5.32 Å². The number of amides is 1. The first-order valence-electron chi connectivity index (χ1n) is 6.82. The third-order valence-corrected chi connectivity index (χ3v) is 4.08. The first-order chi connectivity index (χ1) is 9.70. The molecule has 20 heavy (non-hydrogen) atoms. The molecule has 2 rings (SSSR count). The van der Waals surface area contributed by atoms with Crippen molar-refractivity contribution in [3.63, 3.8) is 0 Å². The molecule has 0 saturated heterocycles. The second-order valence-corrected chi connectivity index (χ2v) is 5.67. The monoisotopic (exact) mass is 288 g/mol. The number of anilines is 1. The van der Waals surface area contributed by atoms with E-state index in [0.717, 1.165) is 30.1 Å². The predicted molar refractivity (Wildman–Crippen MR) is 85.0 cm³/mol. The number of carbonyl (C=O) groups excluding carboxylic acids is 1. The Hall–Kier alpha value is -1.65. The Morgan fingerprint density at radius 3 is 2.60 bits per heavy atom. The molecule has 0 bridgehead atoms. The Labute approximate surface area is 124 Å². The molecule has 106 valence electrons. The van der Waals surface area contributed by atoms with Crippen molar-refractivity contribution in [2.75, 3.05) is 5.32 Å². The molecule has 0 atom stereocenters. The van der Waals surface area contributed by atoms with Crippen LogP contribution in [0.15, 0.2) is 35.7 Å². The number of aryl methyl sites for hydroxylation is 1. The highest BCUT2D eigenvalue weighted by atomic mass is 32.1. The number of carbonyl (C=O) groups is 1. The van der Waals surface area contributed by atoms with Crippen LogP contribution in [0.4, 0.5) is 5.69 Å². The highest BCUT2D eigenvalue weighted by Gasteiger charge is 2.06. The van der Waals surface area contributed by atoms with Gasteiger partial charge in [0.05, 0.1) is 5.69 Å². The topological polar surface area (TPSA) is 41.1 Å². The summed E-state index contributed by atoms with van der Waals surface area (Å²) in [5.74, 6) is -0.0269. The molecule has 0 aliphatic carbocycles. The number of benzene rings is 1. The zero-order valence-electron chi connectivity index (χ0n) is 11.9. The average Bonchev–Trinajstić information content (AvgIpc) is 2.86. The van der Waals surface area contributed by atoms with E-state index in [0.29, 0.717) is 0 Å². The maximum Gasteiger partial charge on any atom is 0.221 e. The summed E-state index contributed by atoms with van der Waals surface area (Å²) in [6.45, 7) is 5.33. The van der Waals surface area contributed by atoms with Gasteiger partial charge in [0, 0.05) is 24.9 Å². The van der Waals surface area contributed by atoms with Gasteiger partial charge in [0.25, 0.3) is 0 Å². The second-order valence-electron chi connectivity index (χ2n) is 4.66. The van der Waals surface area contributed by atoms with Crippen molar-refractivity contribution < 1.29 is 4.79 Å². The number of nitrogens with one attached hydrogen (secondary N) is 2. The molecular weight excluding hydrogens is 268 g/mol. The summed E-state index contributed by atoms with van der Waals surface area (Å²) in [5.41, 5.74) is 3.64. The maximum atomic E-state index is 11.1. The van der Waals surface area contributed by atoms with Gasteiger partial charge in [0.1, 0.15) is 0 Å². The normalized spacial score (nSPS) is 10.5. The third kappa shape index (κ3) is 3.92. The molecule has 0 radical (unpaired) electrons. The lowest BCUT2D eigenvalue weighted by atomic mass is 10.1. The highest BCUT2D eigenvalue weighted by Crippen LogP contribution is 2.22. The second kappa shape index (κ2) is 7.22. The zero-order valence-corrected chi connectivity index (χ0v) is 12.7. The molecular formula is C16H20N2OS. The molecule has 4 heteroatoms. The number of hydrogen-bond donors (Lipinski definition) is 2. The zero-order chi connectivity index (χ0) is 14.4. The van der Waals surface area contributed by atoms with E-state index in [1.54, 1.807) is 11.3 Å². The molecule has 1 amide bonds. The largest absolute Gasteiger partial charge is 0.325 e. The van der Waals surface area contributed by atoms with Gasteiger partial charge in [-0.2, -0.15) is 0 Å². The van der Waals surface area contributed by atoms with Crippen LogP contribution in [0, 0.1) is 0 Å². The summed E-state index contributed by atoms with van der Waals surface area (Å²) in [7, 11) is 0. The van der Waals surface area contributed by atoms with Crippen LogP contribution in [-0.4, -0.2) is 5.91 Å². The van der Waals surface area contributed by atoms with E-state index in [4.69, 9.17) is 0 Å². The predicted octanol–water partition coefficient (Wildman–Crippen LogP) is 3.56. The quantitative estimate of drug-likeness (QED) is 0.853. The fourth-order valence-electron chi connectivity index (χ4n) is 2.16. The fraction of sp³-hybridized carbons (Fsp3) is 0.312. The molecule has 0 aliphatic heterocycles. The van der Waals surface area contributed by atoms with Crippen LogP contribution in [0.25, 0.3) is 0 Å². The molecule has 0 unspecified atom stereocenters. The standard InChI is InChI=1S/C16H20N2OS/c1-3-13-6-4-5-7-14(13)10-17-11-16-15(8-9-20-16)18-12(2)19/h4-9,17H,3,10-11H2,1-2H3,(H,18,19). The molecule has 3 nitrogen and oxygen atoms in total. The molecule has 0 spiro atoms. The minimum absolute atomic E-state index is 0.0269. The highest BCUT2D eigenvalue weighted by molar-refractivity contribution is 7.10. The van der Waals surface area contributed by atoms with Crippen LogP contribution in [-0.2, 0) is 24.3 Å². The van der Waals surface area contributed by atoms with Crippen molar-refractivity contribution in [2.24, 2.45) is 0 Å². The lowest BCUT2D eigenvalue weighted by Gasteiger charge is -2.09. The van der Waals surface area contributed by atoms with Crippen LogP contribution >= 0.6 is 11.3 Å². The molecule has 2 N–H and O–H groups in total. The average molecular weight is 288 g/mol. The van der Waals surface area contributed by atoms with E-state index in [9.17, 15) is 4.79 Å². The SMILES string of the molecule is CCc1ccccc1CNCc1sccc1NC(C)=O. The molecule has 2 aromatic rings. The summed E-state index contributed by atoms with van der Waals surface area (Å²) < 4.78 is 0. The summed E-state index contributed by atoms with van der Waals surface area (Å²) in [5, 5.41) is 8.31. The van der Waals surface area contributed by atoms with E-state index in [-0.39, 0.29) is 5.91 Å². The molecule has 1 heterocycles. The number of thiophene rings is 1. The smallest absolute Gasteiger partial charge is 0.221 e. The molecule has 0 fully saturated rings. The summed E-state index contributed by atoms with van der Waals surface area (Å²) in [6.07, 6.45) is 1.05. The Balaban J connectivity index is 1.93. The molecule has 0 aliphatic rings. The van der Waals surface area contributed by atoms with Crippen LogP contribution in [0.2, 0.25) is 0 Å². The summed E-state index contributed by atoms with van der Waals surface area (Å²) in [6, 6.07) is 10.4. The van der Waals surface area contributed by atoms with Gasteiger partial charge < -0.3 is 10.6 Å². The first kappa shape index (κ1) is 14.8.